The van der Waals surface area contributed by atoms with Gasteiger partial charge in [-0.25, -0.2) is 0 Å². The first-order valence-electron chi connectivity index (χ1n) is 9.14. The number of allylic oxidation sites excluding steroid dienone is 6. The van der Waals surface area contributed by atoms with E-state index in [1.165, 1.54) is 0 Å². The van der Waals surface area contributed by atoms with Gasteiger partial charge in [0.15, 0.2) is 0 Å². The molecule has 0 amide bonds. The first-order valence-corrected chi connectivity index (χ1v) is 9.14. The first-order chi connectivity index (χ1) is 12.1. The summed E-state index contributed by atoms with van der Waals surface area (Å²) < 4.78 is 0. The van der Waals surface area contributed by atoms with Crippen LogP contribution in [0, 0.1) is 17.8 Å². The van der Waals surface area contributed by atoms with Gasteiger partial charge < -0.3 is 4.90 Å². The van der Waals surface area contributed by atoms with Gasteiger partial charge in [0.2, 0.25) is 0 Å². The van der Waals surface area contributed by atoms with Crippen molar-refractivity contribution < 1.29 is 0 Å². The number of nitrogens with zero attached hydrogens (tertiary/aromatic N) is 2. The Labute approximate surface area is 152 Å². The van der Waals surface area contributed by atoms with E-state index in [2.05, 4.69) is 80.6 Å². The van der Waals surface area contributed by atoms with Crippen molar-refractivity contribution in [3.8, 4) is 0 Å². The van der Waals surface area contributed by atoms with E-state index in [1.54, 1.807) is 0 Å². The minimum Gasteiger partial charge on any atom is -0.305 e. The molecule has 0 heterocycles. The fourth-order valence-corrected chi connectivity index (χ4v) is 3.67. The minimum atomic E-state index is 0.353. The van der Waals surface area contributed by atoms with Gasteiger partial charge in [-0.15, -0.1) is 0 Å². The van der Waals surface area contributed by atoms with Crippen molar-refractivity contribution in [3.05, 3.63) is 84.1 Å². The highest BCUT2D eigenvalue weighted by molar-refractivity contribution is 5.80. The van der Waals surface area contributed by atoms with Crippen LogP contribution in [0.5, 0.6) is 0 Å². The molecule has 0 fully saturated rings. The van der Waals surface area contributed by atoms with E-state index in [0.717, 1.165) is 17.7 Å². The van der Waals surface area contributed by atoms with Crippen molar-refractivity contribution in [3.63, 3.8) is 0 Å². The Hall–Kier alpha value is -2.19. The zero-order chi connectivity index (χ0) is 17.6. The molecule has 130 valence electrons. The van der Waals surface area contributed by atoms with E-state index in [0.29, 0.717) is 23.8 Å². The number of hydrogen-bond acceptors (Lipinski definition) is 2. The molecule has 0 saturated heterocycles. The molecule has 2 aliphatic carbocycles. The summed E-state index contributed by atoms with van der Waals surface area (Å²) in [7, 11) is 4.37. The molecule has 3 atom stereocenters. The summed E-state index contributed by atoms with van der Waals surface area (Å²) in [5.74, 6) is 1.54. The highest BCUT2D eigenvalue weighted by Crippen LogP contribution is 2.33. The third-order valence-electron chi connectivity index (χ3n) is 5.22. The molecule has 0 aliphatic heterocycles. The molecular formula is C23H28N2. The van der Waals surface area contributed by atoms with Crippen LogP contribution in [0.15, 0.2) is 83.6 Å². The maximum absolute atomic E-state index is 4.80. The molecule has 1 aromatic carbocycles. The van der Waals surface area contributed by atoms with Crippen LogP contribution in [-0.2, 0) is 0 Å². The summed E-state index contributed by atoms with van der Waals surface area (Å²) in [6.45, 7) is 2.36. The summed E-state index contributed by atoms with van der Waals surface area (Å²) in [4.78, 5) is 7.15. The normalized spacial score (nSPS) is 22.2. The van der Waals surface area contributed by atoms with Crippen molar-refractivity contribution in [1.29, 1.82) is 0 Å². The summed E-state index contributed by atoms with van der Waals surface area (Å²) >= 11 is 0. The molecule has 0 bridgehead atoms. The maximum atomic E-state index is 4.80. The topological polar surface area (TPSA) is 15.6 Å². The van der Waals surface area contributed by atoms with Gasteiger partial charge in [0.05, 0.1) is 0 Å². The minimum absolute atomic E-state index is 0.353. The van der Waals surface area contributed by atoms with Gasteiger partial charge in [-0.05, 0) is 44.0 Å². The van der Waals surface area contributed by atoms with Crippen LogP contribution in [0.4, 0.5) is 0 Å². The van der Waals surface area contributed by atoms with Gasteiger partial charge >= 0.3 is 0 Å². The molecule has 1 aromatic rings. The lowest BCUT2D eigenvalue weighted by Gasteiger charge is -2.33. The van der Waals surface area contributed by atoms with E-state index in [-0.39, 0.29) is 0 Å². The molecule has 2 nitrogen and oxygen atoms in total. The molecule has 25 heavy (non-hydrogen) atoms. The van der Waals surface area contributed by atoms with Crippen LogP contribution < -0.4 is 0 Å². The molecule has 0 spiro atoms. The Balaban J connectivity index is 1.71. The Kier molecular flexibility index (Phi) is 5.83. The smallest absolute Gasteiger partial charge is 0.0488 e. The largest absolute Gasteiger partial charge is 0.305 e. The van der Waals surface area contributed by atoms with Gasteiger partial charge in [-0.1, -0.05) is 73.7 Å². The van der Waals surface area contributed by atoms with Gasteiger partial charge in [-0.2, -0.15) is 0 Å². The van der Waals surface area contributed by atoms with Gasteiger partial charge in [0, 0.05) is 23.9 Å². The van der Waals surface area contributed by atoms with Crippen molar-refractivity contribution in [2.24, 2.45) is 22.7 Å². The zero-order valence-electron chi connectivity index (χ0n) is 15.4. The zero-order valence-corrected chi connectivity index (χ0v) is 15.4. The summed E-state index contributed by atoms with van der Waals surface area (Å²) in [6, 6.07) is 10.8. The van der Waals surface area contributed by atoms with E-state index in [4.69, 9.17) is 4.99 Å². The second-order valence-electron chi connectivity index (χ2n) is 7.26. The first kappa shape index (κ1) is 17.6. The van der Waals surface area contributed by atoms with Gasteiger partial charge in [0.25, 0.3) is 0 Å². The second kappa shape index (κ2) is 8.26. The lowest BCUT2D eigenvalue weighted by Crippen LogP contribution is -2.37. The molecular weight excluding hydrogens is 304 g/mol. The van der Waals surface area contributed by atoms with Crippen LogP contribution in [0.2, 0.25) is 0 Å². The van der Waals surface area contributed by atoms with Crippen molar-refractivity contribution in [1.82, 2.24) is 4.90 Å². The predicted octanol–water partition coefficient (Wildman–Crippen LogP) is 4.87. The number of rotatable bonds is 7. The number of hydrogen-bond donors (Lipinski definition) is 0. The third-order valence-corrected chi connectivity index (χ3v) is 5.22. The monoisotopic (exact) mass is 332 g/mol. The lowest BCUT2D eigenvalue weighted by atomic mass is 9.84. The summed E-state index contributed by atoms with van der Waals surface area (Å²) in [5, 5.41) is 0. The number of benzene rings is 1. The second-order valence-corrected chi connectivity index (χ2v) is 7.26. The van der Waals surface area contributed by atoms with E-state index >= 15 is 0 Å². The predicted molar refractivity (Wildman–Crippen MR) is 108 cm³/mol. The highest BCUT2D eigenvalue weighted by Gasteiger charge is 2.29. The summed E-state index contributed by atoms with van der Waals surface area (Å²) in [5.41, 5.74) is 2.30. The average Bonchev–Trinajstić information content (AvgIpc) is 3.30. The third kappa shape index (κ3) is 4.46. The molecule has 3 rings (SSSR count). The van der Waals surface area contributed by atoms with Crippen LogP contribution in [0.25, 0.3) is 0 Å². The fraction of sp³-hybridized carbons (Fsp3) is 0.348. The van der Waals surface area contributed by atoms with E-state index in [1.807, 2.05) is 24.4 Å². The maximum Gasteiger partial charge on any atom is 0.0488 e. The van der Waals surface area contributed by atoms with Crippen molar-refractivity contribution in [2.45, 2.75) is 19.4 Å². The van der Waals surface area contributed by atoms with Crippen LogP contribution >= 0.6 is 0 Å². The van der Waals surface area contributed by atoms with Gasteiger partial charge in [0.1, 0.15) is 0 Å². The standard InChI is InChI=1S/C23H28N2/c1-18(20-12-7-8-13-20)16-23(25(2)3)21-14-9-15-22(21)24-17-19-10-5-4-6-11-19/h4-15,17-18,20-21,23H,16H2,1-3H3/t18-,21?,23-/m1/s1. The van der Waals surface area contributed by atoms with Crippen LogP contribution in [-0.4, -0.2) is 31.3 Å². The molecule has 0 saturated carbocycles. The lowest BCUT2D eigenvalue weighted by molar-refractivity contribution is 0.208. The van der Waals surface area contributed by atoms with Crippen molar-refractivity contribution in [2.75, 3.05) is 14.1 Å². The molecule has 0 radical (unpaired) electrons. The Morgan fingerprint density at radius 2 is 1.76 bits per heavy atom. The highest BCUT2D eigenvalue weighted by atomic mass is 15.1. The molecule has 2 aliphatic rings. The SMILES string of the molecule is C[C@H](C[C@H](C1C=CC=C1N=Cc1ccccc1)N(C)C)C1C=CC=C1. The van der Waals surface area contributed by atoms with Gasteiger partial charge in [-0.3, -0.25) is 4.99 Å². The van der Waals surface area contributed by atoms with Crippen LogP contribution in [0.3, 0.4) is 0 Å². The average molecular weight is 332 g/mol. The molecule has 0 aromatic heterocycles. The van der Waals surface area contributed by atoms with E-state index < -0.39 is 0 Å². The Morgan fingerprint density at radius 1 is 1.04 bits per heavy atom. The van der Waals surface area contributed by atoms with Crippen molar-refractivity contribution >= 4 is 6.21 Å². The number of aliphatic imine (C=N–C) groups is 1. The quantitative estimate of drug-likeness (QED) is 0.650. The molecule has 2 heteroatoms. The Bertz CT molecular complexity index is 695. The Morgan fingerprint density at radius 3 is 2.44 bits per heavy atom. The van der Waals surface area contributed by atoms with E-state index in [9.17, 15) is 0 Å². The van der Waals surface area contributed by atoms with Crippen LogP contribution in [0.1, 0.15) is 18.9 Å². The summed E-state index contributed by atoms with van der Waals surface area (Å²) in [6.07, 6.45) is 18.7. The molecule has 0 N–H and O–H groups in total. The molecule has 1 unspecified atom stereocenters. The fourth-order valence-electron chi connectivity index (χ4n) is 3.67.